The maximum Gasteiger partial charge on any atom is 0.254 e. The normalized spacial score (nSPS) is 9.85. The van der Waals surface area contributed by atoms with Crippen LogP contribution in [0.4, 0.5) is 0 Å². The quantitative estimate of drug-likeness (QED) is 0.801. The van der Waals surface area contributed by atoms with Gasteiger partial charge in [0.1, 0.15) is 0 Å². The smallest absolute Gasteiger partial charge is 0.254 e. The Morgan fingerprint density at radius 3 is 2.08 bits per heavy atom. The molecule has 70 valence electrons. The Balaban J connectivity index is 3.28. The van der Waals surface area contributed by atoms with Gasteiger partial charge in [-0.25, -0.2) is 0 Å². The van der Waals surface area contributed by atoms with Crippen molar-refractivity contribution in [1.82, 2.24) is 5.32 Å². The van der Waals surface area contributed by atoms with E-state index in [4.69, 9.17) is 34.8 Å². The number of halogens is 3. The molecule has 13 heavy (non-hydrogen) atoms. The second kappa shape index (κ2) is 4.18. The van der Waals surface area contributed by atoms with Gasteiger partial charge in [-0.2, -0.15) is 0 Å². The van der Waals surface area contributed by atoms with E-state index in [1.807, 2.05) is 0 Å². The fraction of sp³-hybridized carbons (Fsp3) is 0.125. The number of carbonyl (C=O) groups is 1. The van der Waals surface area contributed by atoms with Crippen molar-refractivity contribution in [3.05, 3.63) is 32.8 Å². The third kappa shape index (κ3) is 2.27. The van der Waals surface area contributed by atoms with Gasteiger partial charge in [0.05, 0.1) is 15.6 Å². The van der Waals surface area contributed by atoms with E-state index in [1.54, 1.807) is 0 Å². The van der Waals surface area contributed by atoms with E-state index in [0.29, 0.717) is 5.02 Å². The summed E-state index contributed by atoms with van der Waals surface area (Å²) in [6, 6.07) is 2.94. The van der Waals surface area contributed by atoms with Crippen LogP contribution in [0.25, 0.3) is 0 Å². The number of rotatable bonds is 1. The third-order valence-corrected chi connectivity index (χ3v) is 2.28. The van der Waals surface area contributed by atoms with Crippen LogP contribution in [0, 0.1) is 0 Å². The van der Waals surface area contributed by atoms with Crippen LogP contribution < -0.4 is 5.32 Å². The first-order chi connectivity index (χ1) is 6.06. The summed E-state index contributed by atoms with van der Waals surface area (Å²) in [7, 11) is 1.50. The van der Waals surface area contributed by atoms with Gasteiger partial charge in [0.25, 0.3) is 5.91 Å². The molecule has 1 N–H and O–H groups in total. The van der Waals surface area contributed by atoms with E-state index in [1.165, 1.54) is 19.2 Å². The van der Waals surface area contributed by atoms with Crippen molar-refractivity contribution in [3.63, 3.8) is 0 Å². The number of nitrogens with one attached hydrogen (secondary N) is 1. The van der Waals surface area contributed by atoms with Crippen LogP contribution in [0.5, 0.6) is 0 Å². The molecule has 1 aromatic carbocycles. The highest BCUT2D eigenvalue weighted by atomic mass is 35.5. The van der Waals surface area contributed by atoms with E-state index in [2.05, 4.69) is 5.32 Å². The molecule has 5 heteroatoms. The largest absolute Gasteiger partial charge is 0.355 e. The van der Waals surface area contributed by atoms with E-state index in [9.17, 15) is 4.79 Å². The molecule has 0 aromatic heterocycles. The molecule has 0 spiro atoms. The lowest BCUT2D eigenvalue weighted by Gasteiger charge is -2.05. The highest BCUT2D eigenvalue weighted by molar-refractivity contribution is 6.42. The van der Waals surface area contributed by atoms with Crippen molar-refractivity contribution in [2.45, 2.75) is 0 Å². The van der Waals surface area contributed by atoms with Crippen LogP contribution in [0.3, 0.4) is 0 Å². The standard InChI is InChI=1S/C8H6Cl3NO/c1-12-8(13)7-5(10)2-4(9)3-6(7)11/h2-3H,1H3,(H,12,13). The number of benzene rings is 1. The van der Waals surface area contributed by atoms with Gasteiger partial charge >= 0.3 is 0 Å². The van der Waals surface area contributed by atoms with Gasteiger partial charge in [-0.15, -0.1) is 0 Å². The van der Waals surface area contributed by atoms with Crippen molar-refractivity contribution in [1.29, 1.82) is 0 Å². The average molecular weight is 239 g/mol. The molecule has 0 heterocycles. The van der Waals surface area contributed by atoms with E-state index in [-0.39, 0.29) is 21.5 Å². The molecule has 0 fully saturated rings. The molecule has 2 nitrogen and oxygen atoms in total. The average Bonchev–Trinajstić information content (AvgIpc) is 2.02. The lowest BCUT2D eigenvalue weighted by molar-refractivity contribution is 0.0963. The van der Waals surface area contributed by atoms with E-state index < -0.39 is 0 Å². The zero-order valence-electron chi connectivity index (χ0n) is 6.70. The van der Waals surface area contributed by atoms with Crippen LogP contribution in [0.15, 0.2) is 12.1 Å². The van der Waals surface area contributed by atoms with Crippen molar-refractivity contribution in [3.8, 4) is 0 Å². The van der Waals surface area contributed by atoms with Crippen LogP contribution in [-0.2, 0) is 0 Å². The number of hydrogen-bond acceptors (Lipinski definition) is 1. The minimum absolute atomic E-state index is 0.246. The first-order valence-corrected chi connectivity index (χ1v) is 4.56. The molecule has 0 aliphatic rings. The minimum Gasteiger partial charge on any atom is -0.355 e. The zero-order valence-corrected chi connectivity index (χ0v) is 8.96. The van der Waals surface area contributed by atoms with Gasteiger partial charge in [0.2, 0.25) is 0 Å². The third-order valence-electron chi connectivity index (χ3n) is 1.46. The SMILES string of the molecule is CNC(=O)c1c(Cl)cc(Cl)cc1Cl. The van der Waals surface area contributed by atoms with Crippen molar-refractivity contribution in [2.75, 3.05) is 7.05 Å². The summed E-state index contributed by atoms with van der Waals surface area (Å²) in [4.78, 5) is 11.2. The molecule has 0 atom stereocenters. The topological polar surface area (TPSA) is 29.1 Å². The van der Waals surface area contributed by atoms with Crippen molar-refractivity contribution in [2.24, 2.45) is 0 Å². The molecule has 1 amide bonds. The van der Waals surface area contributed by atoms with Crippen LogP contribution >= 0.6 is 34.8 Å². The van der Waals surface area contributed by atoms with Gasteiger partial charge in [-0.1, -0.05) is 34.8 Å². The Labute approximate surface area is 90.8 Å². The first kappa shape index (κ1) is 10.6. The second-order valence-electron chi connectivity index (χ2n) is 2.32. The molecule has 0 saturated carbocycles. The lowest BCUT2D eigenvalue weighted by Crippen LogP contribution is -2.18. The Kier molecular flexibility index (Phi) is 3.42. The number of amides is 1. The Hall–Kier alpha value is -0.440. The molecule has 0 bridgehead atoms. The predicted octanol–water partition coefficient (Wildman–Crippen LogP) is 3.01. The van der Waals surface area contributed by atoms with Gasteiger partial charge < -0.3 is 5.32 Å². The molecular formula is C8H6Cl3NO. The summed E-state index contributed by atoms with van der Waals surface area (Å²) < 4.78 is 0. The molecular weight excluding hydrogens is 232 g/mol. The second-order valence-corrected chi connectivity index (χ2v) is 3.57. The molecule has 0 aliphatic carbocycles. The highest BCUT2D eigenvalue weighted by Crippen LogP contribution is 2.28. The fourth-order valence-electron chi connectivity index (χ4n) is 0.884. The van der Waals surface area contributed by atoms with Crippen molar-refractivity contribution >= 4 is 40.7 Å². The monoisotopic (exact) mass is 237 g/mol. The van der Waals surface area contributed by atoms with Gasteiger partial charge in [0, 0.05) is 12.1 Å². The molecule has 0 saturated heterocycles. The minimum atomic E-state index is -0.327. The van der Waals surface area contributed by atoms with Gasteiger partial charge in [0.15, 0.2) is 0 Å². The Bertz CT molecular complexity index is 328. The van der Waals surface area contributed by atoms with Crippen molar-refractivity contribution < 1.29 is 4.79 Å². The molecule has 1 rings (SSSR count). The van der Waals surface area contributed by atoms with E-state index in [0.717, 1.165) is 0 Å². The first-order valence-electron chi connectivity index (χ1n) is 3.43. The van der Waals surface area contributed by atoms with Gasteiger partial charge in [-0.05, 0) is 12.1 Å². The molecule has 0 unspecified atom stereocenters. The summed E-state index contributed by atoms with van der Waals surface area (Å²) >= 11 is 17.2. The molecule has 0 radical (unpaired) electrons. The summed E-state index contributed by atoms with van der Waals surface area (Å²) in [6.07, 6.45) is 0. The fourth-order valence-corrected chi connectivity index (χ4v) is 1.87. The molecule has 0 aliphatic heterocycles. The summed E-state index contributed by atoms with van der Waals surface area (Å²) in [6.45, 7) is 0. The Morgan fingerprint density at radius 2 is 1.69 bits per heavy atom. The number of hydrogen-bond donors (Lipinski definition) is 1. The zero-order chi connectivity index (χ0) is 10.0. The van der Waals surface area contributed by atoms with E-state index >= 15 is 0 Å². The van der Waals surface area contributed by atoms with Gasteiger partial charge in [-0.3, -0.25) is 4.79 Å². The highest BCUT2D eigenvalue weighted by Gasteiger charge is 2.13. The Morgan fingerprint density at radius 1 is 1.23 bits per heavy atom. The predicted molar refractivity (Wildman–Crippen MR) is 54.9 cm³/mol. The summed E-state index contributed by atoms with van der Waals surface area (Å²) in [5.41, 5.74) is 0.246. The maximum absolute atomic E-state index is 11.2. The summed E-state index contributed by atoms with van der Waals surface area (Å²) in [5, 5.41) is 3.33. The summed E-state index contributed by atoms with van der Waals surface area (Å²) in [5.74, 6) is -0.327. The number of carbonyl (C=O) groups excluding carboxylic acids is 1. The van der Waals surface area contributed by atoms with Crippen LogP contribution in [0.1, 0.15) is 10.4 Å². The van der Waals surface area contributed by atoms with Crippen LogP contribution in [0.2, 0.25) is 15.1 Å². The molecule has 1 aromatic rings. The van der Waals surface area contributed by atoms with Crippen LogP contribution in [-0.4, -0.2) is 13.0 Å². The maximum atomic E-state index is 11.2. The lowest BCUT2D eigenvalue weighted by atomic mass is 10.2.